The van der Waals surface area contributed by atoms with Crippen molar-refractivity contribution in [2.24, 2.45) is 0 Å². The standard InChI is InChI=1S/C16H18Cl2N4OS/c1-21-3-5-22(6-4-21)12-9-13(23-2)16(19-10-12)24-15-8-11(17)7-14(18)20-15/h7-10H,3-6H2,1-2H3. The van der Waals surface area contributed by atoms with E-state index in [0.717, 1.165) is 36.9 Å². The first-order chi connectivity index (χ1) is 11.5. The van der Waals surface area contributed by atoms with Gasteiger partial charge in [-0.25, -0.2) is 9.97 Å². The summed E-state index contributed by atoms with van der Waals surface area (Å²) in [6, 6.07) is 5.38. The molecule has 0 unspecified atom stereocenters. The Balaban J connectivity index is 1.81. The second-order valence-corrected chi connectivity index (χ2v) is 7.37. The van der Waals surface area contributed by atoms with Gasteiger partial charge in [0.05, 0.1) is 19.0 Å². The van der Waals surface area contributed by atoms with Gasteiger partial charge < -0.3 is 14.5 Å². The molecule has 0 N–H and O–H groups in total. The van der Waals surface area contributed by atoms with Crippen LogP contribution in [0.5, 0.6) is 5.75 Å². The van der Waals surface area contributed by atoms with Crippen molar-refractivity contribution < 1.29 is 4.74 Å². The molecule has 1 saturated heterocycles. The summed E-state index contributed by atoms with van der Waals surface area (Å²) in [7, 11) is 3.78. The Bertz CT molecular complexity index is 703. The smallest absolute Gasteiger partial charge is 0.153 e. The van der Waals surface area contributed by atoms with Crippen LogP contribution in [0.15, 0.2) is 34.4 Å². The average Bonchev–Trinajstić information content (AvgIpc) is 2.55. The Kier molecular flexibility index (Phi) is 5.71. The fourth-order valence-electron chi connectivity index (χ4n) is 2.48. The van der Waals surface area contributed by atoms with E-state index in [-0.39, 0.29) is 0 Å². The van der Waals surface area contributed by atoms with E-state index >= 15 is 0 Å². The minimum atomic E-state index is 0.359. The van der Waals surface area contributed by atoms with Crippen molar-refractivity contribution in [1.29, 1.82) is 0 Å². The number of ether oxygens (including phenoxy) is 1. The number of anilines is 1. The number of pyridine rings is 2. The maximum atomic E-state index is 6.03. The molecule has 1 aliphatic heterocycles. The van der Waals surface area contributed by atoms with Gasteiger partial charge in [-0.15, -0.1) is 0 Å². The third-order valence-electron chi connectivity index (χ3n) is 3.83. The highest BCUT2D eigenvalue weighted by molar-refractivity contribution is 7.99. The van der Waals surface area contributed by atoms with Crippen LogP contribution in [0.4, 0.5) is 5.69 Å². The van der Waals surface area contributed by atoms with Gasteiger partial charge in [-0.05, 0) is 30.9 Å². The highest BCUT2D eigenvalue weighted by atomic mass is 35.5. The van der Waals surface area contributed by atoms with Crippen LogP contribution in [0.1, 0.15) is 0 Å². The van der Waals surface area contributed by atoms with E-state index in [1.54, 1.807) is 19.2 Å². The molecule has 0 aromatic carbocycles. The maximum absolute atomic E-state index is 6.03. The quantitative estimate of drug-likeness (QED) is 0.748. The van der Waals surface area contributed by atoms with E-state index in [1.165, 1.54) is 11.8 Å². The third-order valence-corrected chi connectivity index (χ3v) is 5.16. The molecule has 128 valence electrons. The van der Waals surface area contributed by atoms with E-state index in [2.05, 4.69) is 26.8 Å². The van der Waals surface area contributed by atoms with Crippen molar-refractivity contribution in [3.63, 3.8) is 0 Å². The number of nitrogens with zero attached hydrogens (tertiary/aromatic N) is 4. The summed E-state index contributed by atoms with van der Waals surface area (Å²) in [5.41, 5.74) is 1.07. The molecule has 8 heteroatoms. The first-order valence-corrected chi connectivity index (χ1v) is 9.11. The maximum Gasteiger partial charge on any atom is 0.153 e. The van der Waals surface area contributed by atoms with Crippen molar-refractivity contribution in [2.45, 2.75) is 10.1 Å². The van der Waals surface area contributed by atoms with E-state index in [0.29, 0.717) is 21.0 Å². The largest absolute Gasteiger partial charge is 0.494 e. The molecule has 0 amide bonds. The van der Waals surface area contributed by atoms with Gasteiger partial charge in [0.15, 0.2) is 5.75 Å². The van der Waals surface area contributed by atoms with Crippen LogP contribution in [0.2, 0.25) is 10.2 Å². The molecule has 3 heterocycles. The van der Waals surface area contributed by atoms with Crippen LogP contribution in [0, 0.1) is 0 Å². The number of piperazine rings is 1. The van der Waals surface area contributed by atoms with Gasteiger partial charge in [0.1, 0.15) is 15.2 Å². The van der Waals surface area contributed by atoms with E-state index in [9.17, 15) is 0 Å². The lowest BCUT2D eigenvalue weighted by Gasteiger charge is -2.34. The minimum Gasteiger partial charge on any atom is -0.494 e. The van der Waals surface area contributed by atoms with Gasteiger partial charge in [0.2, 0.25) is 0 Å². The van der Waals surface area contributed by atoms with Gasteiger partial charge in [0, 0.05) is 37.3 Å². The normalized spacial score (nSPS) is 15.6. The highest BCUT2D eigenvalue weighted by Gasteiger charge is 2.17. The lowest BCUT2D eigenvalue weighted by Crippen LogP contribution is -2.44. The van der Waals surface area contributed by atoms with Crippen LogP contribution < -0.4 is 9.64 Å². The van der Waals surface area contributed by atoms with Crippen molar-refractivity contribution in [3.05, 3.63) is 34.6 Å². The van der Waals surface area contributed by atoms with E-state index < -0.39 is 0 Å². The van der Waals surface area contributed by atoms with Crippen LogP contribution >= 0.6 is 35.0 Å². The van der Waals surface area contributed by atoms with Gasteiger partial charge >= 0.3 is 0 Å². The number of hydrogen-bond donors (Lipinski definition) is 0. The highest BCUT2D eigenvalue weighted by Crippen LogP contribution is 2.36. The zero-order valence-electron chi connectivity index (χ0n) is 13.5. The summed E-state index contributed by atoms with van der Waals surface area (Å²) in [4.78, 5) is 13.4. The minimum absolute atomic E-state index is 0.359. The second-order valence-electron chi connectivity index (χ2n) is 5.54. The van der Waals surface area contributed by atoms with Crippen LogP contribution in [0.25, 0.3) is 0 Å². The Morgan fingerprint density at radius 2 is 1.88 bits per heavy atom. The van der Waals surface area contributed by atoms with E-state index in [4.69, 9.17) is 27.9 Å². The van der Waals surface area contributed by atoms with Crippen molar-refractivity contribution in [2.75, 3.05) is 45.2 Å². The first-order valence-electron chi connectivity index (χ1n) is 7.53. The number of aromatic nitrogens is 2. The Morgan fingerprint density at radius 1 is 1.12 bits per heavy atom. The summed E-state index contributed by atoms with van der Waals surface area (Å²) in [5, 5.41) is 2.33. The summed E-state index contributed by atoms with van der Waals surface area (Å²) < 4.78 is 5.52. The second kappa shape index (κ2) is 7.78. The molecule has 24 heavy (non-hydrogen) atoms. The fraction of sp³-hybridized carbons (Fsp3) is 0.375. The molecule has 2 aromatic rings. The molecule has 5 nitrogen and oxygen atoms in total. The molecule has 2 aromatic heterocycles. The molecule has 0 atom stereocenters. The molecule has 3 rings (SSSR count). The average molecular weight is 385 g/mol. The van der Waals surface area contributed by atoms with Crippen LogP contribution in [0.3, 0.4) is 0 Å². The molecule has 0 spiro atoms. The predicted molar refractivity (Wildman–Crippen MR) is 98.9 cm³/mol. The predicted octanol–water partition coefficient (Wildman–Crippen LogP) is 3.70. The molecule has 1 aliphatic rings. The van der Waals surface area contributed by atoms with Gasteiger partial charge in [-0.3, -0.25) is 0 Å². The fourth-order valence-corrected chi connectivity index (χ4v) is 3.94. The summed E-state index contributed by atoms with van der Waals surface area (Å²) in [6.07, 6.45) is 1.88. The number of rotatable bonds is 4. The zero-order valence-corrected chi connectivity index (χ0v) is 15.8. The van der Waals surface area contributed by atoms with Crippen molar-refractivity contribution in [3.8, 4) is 5.75 Å². The Labute approximate surface area is 155 Å². The van der Waals surface area contributed by atoms with Crippen LogP contribution in [-0.4, -0.2) is 55.2 Å². The van der Waals surface area contributed by atoms with Crippen molar-refractivity contribution in [1.82, 2.24) is 14.9 Å². The van der Waals surface area contributed by atoms with Crippen LogP contribution in [-0.2, 0) is 0 Å². The summed E-state index contributed by atoms with van der Waals surface area (Å²) in [6.45, 7) is 4.06. The lowest BCUT2D eigenvalue weighted by atomic mass is 10.3. The Hall–Kier alpha value is -1.21. The number of methoxy groups -OCH3 is 1. The van der Waals surface area contributed by atoms with E-state index in [1.807, 2.05) is 12.3 Å². The number of hydrogen-bond acceptors (Lipinski definition) is 6. The summed E-state index contributed by atoms with van der Waals surface area (Å²) in [5.74, 6) is 0.717. The third kappa shape index (κ3) is 4.25. The number of likely N-dealkylation sites (N-methyl/N-ethyl adjacent to an activating group) is 1. The molecular formula is C16H18Cl2N4OS. The Morgan fingerprint density at radius 3 is 2.54 bits per heavy atom. The first kappa shape index (κ1) is 17.6. The molecule has 0 aliphatic carbocycles. The van der Waals surface area contributed by atoms with Gasteiger partial charge in [-0.2, -0.15) is 0 Å². The van der Waals surface area contributed by atoms with Gasteiger partial charge in [-0.1, -0.05) is 23.2 Å². The molecule has 0 saturated carbocycles. The monoisotopic (exact) mass is 384 g/mol. The molecular weight excluding hydrogens is 367 g/mol. The molecule has 1 fully saturated rings. The zero-order chi connectivity index (χ0) is 17.1. The topological polar surface area (TPSA) is 41.5 Å². The summed E-state index contributed by atoms with van der Waals surface area (Å²) >= 11 is 13.4. The van der Waals surface area contributed by atoms with Gasteiger partial charge in [0.25, 0.3) is 0 Å². The molecule has 0 radical (unpaired) electrons. The SMILES string of the molecule is COc1cc(N2CCN(C)CC2)cnc1Sc1cc(Cl)cc(Cl)n1. The van der Waals surface area contributed by atoms with Crippen molar-refractivity contribution >= 4 is 40.7 Å². The lowest BCUT2D eigenvalue weighted by molar-refractivity contribution is 0.312. The molecule has 0 bridgehead atoms. The number of halogens is 2.